The van der Waals surface area contributed by atoms with Crippen LogP contribution in [0.5, 0.6) is 5.75 Å². The van der Waals surface area contributed by atoms with Crippen LogP contribution in [-0.4, -0.2) is 40.8 Å². The van der Waals surface area contributed by atoms with Crippen LogP contribution in [0.3, 0.4) is 0 Å². The number of hydrogen-bond donors (Lipinski definition) is 1. The van der Waals surface area contributed by atoms with E-state index < -0.39 is 0 Å². The Balaban J connectivity index is 1.74. The molecule has 3 rings (SSSR count). The molecule has 0 unspecified atom stereocenters. The molecular formula is C19H26N2O3. The molecule has 1 aromatic carbocycles. The van der Waals surface area contributed by atoms with Gasteiger partial charge in [-0.3, -0.25) is 4.90 Å². The van der Waals surface area contributed by atoms with E-state index in [1.54, 1.807) is 0 Å². The van der Waals surface area contributed by atoms with Gasteiger partial charge in [0.25, 0.3) is 0 Å². The van der Waals surface area contributed by atoms with Crippen LogP contribution in [0.25, 0.3) is 11.5 Å². The van der Waals surface area contributed by atoms with Crippen LogP contribution < -0.4 is 4.74 Å². The minimum atomic E-state index is 0.211. The number of ether oxygens (including phenoxy) is 1. The number of aliphatic hydroxyl groups is 1. The lowest BCUT2D eigenvalue weighted by Gasteiger charge is -2.33. The van der Waals surface area contributed by atoms with Gasteiger partial charge in [-0.25, -0.2) is 4.98 Å². The molecule has 5 heteroatoms. The van der Waals surface area contributed by atoms with Gasteiger partial charge >= 0.3 is 0 Å². The van der Waals surface area contributed by atoms with Crippen molar-refractivity contribution in [3.8, 4) is 17.2 Å². The SMILES string of the molecule is CCOc1ccc(-c2nc(CN3CCCC[C@H]3CO)c(C)o2)cc1. The molecule has 1 atom stereocenters. The third-order valence-electron chi connectivity index (χ3n) is 4.62. The topological polar surface area (TPSA) is 58.7 Å². The lowest BCUT2D eigenvalue weighted by atomic mass is 10.0. The van der Waals surface area contributed by atoms with Crippen molar-refractivity contribution in [2.24, 2.45) is 0 Å². The molecule has 5 nitrogen and oxygen atoms in total. The number of nitrogens with zero attached hydrogens (tertiary/aromatic N) is 2. The first-order valence-electron chi connectivity index (χ1n) is 8.75. The molecule has 0 bridgehead atoms. The number of piperidine rings is 1. The van der Waals surface area contributed by atoms with Crippen molar-refractivity contribution >= 4 is 0 Å². The number of benzene rings is 1. The third-order valence-corrected chi connectivity index (χ3v) is 4.62. The first-order chi connectivity index (χ1) is 11.7. The molecule has 1 N–H and O–H groups in total. The standard InChI is InChI=1S/C19H26N2O3/c1-3-23-17-9-7-15(8-10-17)19-20-18(14(2)24-19)12-21-11-5-4-6-16(21)13-22/h7-10,16,22H,3-6,11-13H2,1-2H3/t16-/m0/s1. The molecule has 1 aliphatic rings. The highest BCUT2D eigenvalue weighted by molar-refractivity contribution is 5.55. The molecule has 1 saturated heterocycles. The Bertz CT molecular complexity index is 651. The summed E-state index contributed by atoms with van der Waals surface area (Å²) < 4.78 is 11.3. The van der Waals surface area contributed by atoms with Crippen molar-refractivity contribution in [2.75, 3.05) is 19.8 Å². The monoisotopic (exact) mass is 330 g/mol. The lowest BCUT2D eigenvalue weighted by molar-refractivity contribution is 0.0828. The van der Waals surface area contributed by atoms with Gasteiger partial charge in [-0.2, -0.15) is 0 Å². The Hall–Kier alpha value is -1.85. The van der Waals surface area contributed by atoms with Crippen LogP contribution in [0.1, 0.15) is 37.6 Å². The third kappa shape index (κ3) is 3.79. The van der Waals surface area contributed by atoms with Crippen LogP contribution in [0.2, 0.25) is 0 Å². The van der Waals surface area contributed by atoms with E-state index in [4.69, 9.17) is 9.15 Å². The van der Waals surface area contributed by atoms with E-state index in [2.05, 4.69) is 9.88 Å². The van der Waals surface area contributed by atoms with Gasteiger partial charge < -0.3 is 14.3 Å². The smallest absolute Gasteiger partial charge is 0.226 e. The average molecular weight is 330 g/mol. The fourth-order valence-corrected chi connectivity index (χ4v) is 3.23. The van der Waals surface area contributed by atoms with E-state index in [0.717, 1.165) is 42.3 Å². The number of oxazole rings is 1. The van der Waals surface area contributed by atoms with E-state index in [9.17, 15) is 5.11 Å². The van der Waals surface area contributed by atoms with Crippen LogP contribution >= 0.6 is 0 Å². The van der Waals surface area contributed by atoms with E-state index in [-0.39, 0.29) is 12.6 Å². The molecule has 130 valence electrons. The summed E-state index contributed by atoms with van der Waals surface area (Å²) >= 11 is 0. The van der Waals surface area contributed by atoms with Gasteiger partial charge in [0.05, 0.1) is 18.9 Å². The van der Waals surface area contributed by atoms with Crippen molar-refractivity contribution < 1.29 is 14.3 Å². The fraction of sp³-hybridized carbons (Fsp3) is 0.526. The first kappa shape index (κ1) is 17.0. The Kier molecular flexibility index (Phi) is 5.53. The second-order valence-electron chi connectivity index (χ2n) is 6.28. The highest BCUT2D eigenvalue weighted by Gasteiger charge is 2.24. The largest absolute Gasteiger partial charge is 0.494 e. The Morgan fingerprint density at radius 1 is 1.29 bits per heavy atom. The summed E-state index contributed by atoms with van der Waals surface area (Å²) in [6, 6.07) is 8.05. The fourth-order valence-electron chi connectivity index (χ4n) is 3.23. The van der Waals surface area contributed by atoms with Crippen molar-refractivity contribution in [2.45, 2.75) is 45.7 Å². The van der Waals surface area contributed by atoms with Gasteiger partial charge in [-0.05, 0) is 57.5 Å². The molecule has 0 amide bonds. The van der Waals surface area contributed by atoms with Gasteiger partial charge in [0, 0.05) is 18.2 Å². The predicted molar refractivity (Wildman–Crippen MR) is 93.0 cm³/mol. The van der Waals surface area contributed by atoms with E-state index in [1.807, 2.05) is 38.1 Å². The zero-order chi connectivity index (χ0) is 16.9. The highest BCUT2D eigenvalue weighted by Crippen LogP contribution is 2.26. The zero-order valence-electron chi connectivity index (χ0n) is 14.5. The minimum Gasteiger partial charge on any atom is -0.494 e. The lowest BCUT2D eigenvalue weighted by Crippen LogP contribution is -2.41. The molecule has 0 spiro atoms. The summed E-state index contributed by atoms with van der Waals surface area (Å²) in [6.07, 6.45) is 3.43. The first-order valence-corrected chi connectivity index (χ1v) is 8.75. The van der Waals surface area contributed by atoms with Gasteiger partial charge in [0.15, 0.2) is 0 Å². The molecular weight excluding hydrogens is 304 g/mol. The van der Waals surface area contributed by atoms with Crippen LogP contribution in [0.4, 0.5) is 0 Å². The number of hydrogen-bond acceptors (Lipinski definition) is 5. The van der Waals surface area contributed by atoms with Gasteiger partial charge in [-0.15, -0.1) is 0 Å². The summed E-state index contributed by atoms with van der Waals surface area (Å²) in [7, 11) is 0. The van der Waals surface area contributed by atoms with Crippen molar-refractivity contribution in [3.63, 3.8) is 0 Å². The molecule has 1 aliphatic heterocycles. The van der Waals surface area contributed by atoms with Crippen LogP contribution in [-0.2, 0) is 6.54 Å². The summed E-state index contributed by atoms with van der Waals surface area (Å²) in [5.74, 6) is 2.34. The maximum atomic E-state index is 9.56. The molecule has 1 fully saturated rings. The molecule has 1 aromatic heterocycles. The van der Waals surface area contributed by atoms with Crippen LogP contribution in [0.15, 0.2) is 28.7 Å². The average Bonchev–Trinajstić information content (AvgIpc) is 2.97. The van der Waals surface area contributed by atoms with Gasteiger partial charge in [-0.1, -0.05) is 6.42 Å². The maximum absolute atomic E-state index is 9.56. The Morgan fingerprint density at radius 3 is 2.79 bits per heavy atom. The number of aliphatic hydroxyl groups excluding tert-OH is 1. The number of aromatic nitrogens is 1. The second-order valence-corrected chi connectivity index (χ2v) is 6.28. The molecule has 2 heterocycles. The summed E-state index contributed by atoms with van der Waals surface area (Å²) in [5, 5.41) is 9.56. The molecule has 0 radical (unpaired) electrons. The summed E-state index contributed by atoms with van der Waals surface area (Å²) in [6.45, 7) is 6.54. The number of rotatable bonds is 6. The van der Waals surface area contributed by atoms with Crippen molar-refractivity contribution in [1.29, 1.82) is 0 Å². The number of likely N-dealkylation sites (tertiary alicyclic amines) is 1. The van der Waals surface area contributed by atoms with Gasteiger partial charge in [0.2, 0.25) is 5.89 Å². The van der Waals surface area contributed by atoms with Gasteiger partial charge in [0.1, 0.15) is 11.5 Å². The zero-order valence-corrected chi connectivity index (χ0v) is 14.5. The van der Waals surface area contributed by atoms with Crippen molar-refractivity contribution in [3.05, 3.63) is 35.7 Å². The highest BCUT2D eigenvalue weighted by atomic mass is 16.5. The van der Waals surface area contributed by atoms with E-state index in [1.165, 1.54) is 12.8 Å². The van der Waals surface area contributed by atoms with E-state index in [0.29, 0.717) is 12.5 Å². The molecule has 0 aliphatic carbocycles. The molecule has 24 heavy (non-hydrogen) atoms. The van der Waals surface area contributed by atoms with E-state index >= 15 is 0 Å². The molecule has 0 saturated carbocycles. The summed E-state index contributed by atoms with van der Waals surface area (Å²) in [5.41, 5.74) is 1.91. The summed E-state index contributed by atoms with van der Waals surface area (Å²) in [4.78, 5) is 7.00. The maximum Gasteiger partial charge on any atom is 0.226 e. The quantitative estimate of drug-likeness (QED) is 0.880. The second kappa shape index (κ2) is 7.81. The Labute approximate surface area is 143 Å². The predicted octanol–water partition coefficient (Wildman–Crippen LogP) is 3.40. The normalized spacial score (nSPS) is 18.7. The minimum absolute atomic E-state index is 0.211. The number of aryl methyl sites for hydroxylation is 1. The Morgan fingerprint density at radius 2 is 2.08 bits per heavy atom. The van der Waals surface area contributed by atoms with Crippen LogP contribution in [0, 0.1) is 6.92 Å². The van der Waals surface area contributed by atoms with Crippen molar-refractivity contribution in [1.82, 2.24) is 9.88 Å². The molecule has 2 aromatic rings.